The molecule has 0 spiro atoms. The molecule has 0 fully saturated rings. The summed E-state index contributed by atoms with van der Waals surface area (Å²) in [7, 11) is -3.20. The third-order valence-electron chi connectivity index (χ3n) is 7.18. The minimum Gasteiger partial charge on any atom is -0.462 e. The van der Waals surface area contributed by atoms with Gasteiger partial charge in [0, 0.05) is 20.0 Å². The molecule has 1 N–H and O–H groups in total. The molecule has 0 saturated carbocycles. The number of carbonyl (C=O) groups is 2. The Hall–Kier alpha value is -1.47. The van der Waals surface area contributed by atoms with Crippen molar-refractivity contribution < 1.29 is 37.6 Å². The van der Waals surface area contributed by atoms with Crippen molar-refractivity contribution in [3.8, 4) is 0 Å². The van der Waals surface area contributed by atoms with Crippen LogP contribution in [0.5, 0.6) is 0 Å². The standard InChI is InChI=1S/C34H63O8P/c1-4-6-8-10-12-14-16-17-19-21-23-25-27-29-34(36)42-32(31-41-43(37,38)39-3)30-40-33(35)28-26-24-22-20-18-15-13-11-9-7-5-2/h8,10,14,16,32H,4-7,9,11-13,15,17-31H2,1-3H3,(H,37,38)/b10-8-,16-14-. The molecule has 0 aromatic rings. The average molecular weight is 631 g/mol. The quantitative estimate of drug-likeness (QED) is 0.0349. The Balaban J connectivity index is 4.14. The molecule has 0 bridgehead atoms. The monoisotopic (exact) mass is 630 g/mol. The fourth-order valence-corrected chi connectivity index (χ4v) is 4.98. The van der Waals surface area contributed by atoms with Crippen LogP contribution in [0.15, 0.2) is 24.3 Å². The molecule has 43 heavy (non-hydrogen) atoms. The molecule has 0 aromatic carbocycles. The zero-order valence-electron chi connectivity index (χ0n) is 27.6. The van der Waals surface area contributed by atoms with Crippen LogP contribution in [0, 0.1) is 0 Å². The second kappa shape index (κ2) is 30.6. The second-order valence-electron chi connectivity index (χ2n) is 11.3. The zero-order chi connectivity index (χ0) is 31.9. The van der Waals surface area contributed by atoms with Crippen LogP contribution in [-0.2, 0) is 32.7 Å². The van der Waals surface area contributed by atoms with Gasteiger partial charge in [0.15, 0.2) is 6.10 Å². The Bertz CT molecular complexity index is 767. The van der Waals surface area contributed by atoms with E-state index in [1.54, 1.807) is 0 Å². The van der Waals surface area contributed by atoms with Crippen LogP contribution in [0.1, 0.15) is 155 Å². The first-order valence-electron chi connectivity index (χ1n) is 17.0. The van der Waals surface area contributed by atoms with Crippen LogP contribution in [0.4, 0.5) is 0 Å². The summed E-state index contributed by atoms with van der Waals surface area (Å²) >= 11 is 0. The Kier molecular flexibility index (Phi) is 29.5. The van der Waals surface area contributed by atoms with E-state index in [0.29, 0.717) is 12.8 Å². The minimum absolute atomic E-state index is 0.228. The first-order valence-corrected chi connectivity index (χ1v) is 18.5. The predicted molar refractivity (Wildman–Crippen MR) is 175 cm³/mol. The van der Waals surface area contributed by atoms with Crippen LogP contribution in [0.2, 0.25) is 0 Å². The van der Waals surface area contributed by atoms with Gasteiger partial charge in [-0.25, -0.2) is 4.57 Å². The van der Waals surface area contributed by atoms with E-state index in [4.69, 9.17) is 14.0 Å². The van der Waals surface area contributed by atoms with Crippen molar-refractivity contribution in [2.75, 3.05) is 20.3 Å². The number of ether oxygens (including phenoxy) is 2. The summed E-state index contributed by atoms with van der Waals surface area (Å²) in [6.45, 7) is 3.78. The fraction of sp³-hybridized carbons (Fsp3) is 0.824. The van der Waals surface area contributed by atoms with Crippen molar-refractivity contribution in [1.82, 2.24) is 0 Å². The van der Waals surface area contributed by atoms with E-state index in [1.807, 2.05) is 0 Å². The molecule has 0 saturated heterocycles. The lowest BCUT2D eigenvalue weighted by Gasteiger charge is -2.19. The van der Waals surface area contributed by atoms with E-state index in [2.05, 4.69) is 42.7 Å². The fourth-order valence-electron chi connectivity index (χ4n) is 4.52. The maximum Gasteiger partial charge on any atom is 0.472 e. The second-order valence-corrected chi connectivity index (χ2v) is 12.9. The maximum absolute atomic E-state index is 12.4. The van der Waals surface area contributed by atoms with E-state index >= 15 is 0 Å². The molecule has 0 radical (unpaired) electrons. The Morgan fingerprint density at radius 2 is 1.16 bits per heavy atom. The van der Waals surface area contributed by atoms with Gasteiger partial charge in [-0.15, -0.1) is 0 Å². The first kappa shape index (κ1) is 41.5. The summed E-state index contributed by atoms with van der Waals surface area (Å²) in [5, 5.41) is 0. The van der Waals surface area contributed by atoms with Crippen molar-refractivity contribution in [2.45, 2.75) is 161 Å². The van der Waals surface area contributed by atoms with Crippen molar-refractivity contribution in [1.29, 1.82) is 0 Å². The molecular formula is C34H63O8P. The van der Waals surface area contributed by atoms with Gasteiger partial charge in [0.1, 0.15) is 6.61 Å². The third kappa shape index (κ3) is 30.3. The Morgan fingerprint density at radius 3 is 1.72 bits per heavy atom. The lowest BCUT2D eigenvalue weighted by Crippen LogP contribution is -2.29. The van der Waals surface area contributed by atoms with Gasteiger partial charge < -0.3 is 14.4 Å². The van der Waals surface area contributed by atoms with Crippen molar-refractivity contribution in [3.05, 3.63) is 24.3 Å². The molecule has 252 valence electrons. The highest BCUT2D eigenvalue weighted by atomic mass is 31.2. The summed E-state index contributed by atoms with van der Waals surface area (Å²) in [6.07, 6.45) is 30.8. The largest absolute Gasteiger partial charge is 0.472 e. The number of hydrogen-bond acceptors (Lipinski definition) is 7. The third-order valence-corrected chi connectivity index (χ3v) is 8.12. The van der Waals surface area contributed by atoms with Crippen LogP contribution >= 0.6 is 7.82 Å². The molecule has 0 heterocycles. The maximum atomic E-state index is 12.4. The molecule has 0 aliphatic heterocycles. The van der Waals surface area contributed by atoms with E-state index in [0.717, 1.165) is 71.3 Å². The summed E-state index contributed by atoms with van der Waals surface area (Å²) < 4.78 is 31.7. The van der Waals surface area contributed by atoms with Gasteiger partial charge in [-0.2, -0.15) is 0 Å². The zero-order valence-corrected chi connectivity index (χ0v) is 28.5. The SMILES string of the molecule is CCC/C=C\C/C=C\CCCCCCCC(=O)OC(COC(=O)CCCCCCCCCCCCC)COP(=O)(O)OC. The lowest BCUT2D eigenvalue weighted by atomic mass is 10.1. The van der Waals surface area contributed by atoms with Crippen molar-refractivity contribution in [3.63, 3.8) is 0 Å². The summed E-state index contributed by atoms with van der Waals surface area (Å²) in [4.78, 5) is 34.1. The number of rotatable bonds is 31. The van der Waals surface area contributed by atoms with Gasteiger partial charge in [0.25, 0.3) is 0 Å². The molecule has 0 aliphatic carbocycles. The predicted octanol–water partition coefficient (Wildman–Crippen LogP) is 9.94. The number of phosphoric acid groups is 1. The Labute approximate surface area is 263 Å². The van der Waals surface area contributed by atoms with E-state index in [-0.39, 0.29) is 19.0 Å². The molecule has 9 heteroatoms. The molecular weight excluding hydrogens is 567 g/mol. The molecule has 0 rings (SSSR count). The average Bonchev–Trinajstić information content (AvgIpc) is 2.99. The molecule has 0 amide bonds. The summed E-state index contributed by atoms with van der Waals surface area (Å²) in [5.41, 5.74) is 0. The van der Waals surface area contributed by atoms with E-state index in [9.17, 15) is 19.0 Å². The van der Waals surface area contributed by atoms with Crippen LogP contribution in [0.3, 0.4) is 0 Å². The van der Waals surface area contributed by atoms with Crippen LogP contribution < -0.4 is 0 Å². The smallest absolute Gasteiger partial charge is 0.462 e. The number of hydrogen-bond donors (Lipinski definition) is 1. The van der Waals surface area contributed by atoms with E-state index in [1.165, 1.54) is 57.8 Å². The normalized spacial score (nSPS) is 13.9. The number of esters is 2. The highest BCUT2D eigenvalue weighted by Crippen LogP contribution is 2.42. The minimum atomic E-state index is -4.25. The highest BCUT2D eigenvalue weighted by Gasteiger charge is 2.24. The molecule has 0 aromatic heterocycles. The van der Waals surface area contributed by atoms with Gasteiger partial charge >= 0.3 is 19.8 Å². The lowest BCUT2D eigenvalue weighted by molar-refractivity contribution is -0.161. The number of unbranched alkanes of at least 4 members (excludes halogenated alkanes) is 16. The molecule has 8 nitrogen and oxygen atoms in total. The van der Waals surface area contributed by atoms with Gasteiger partial charge in [-0.1, -0.05) is 128 Å². The van der Waals surface area contributed by atoms with Crippen molar-refractivity contribution >= 4 is 19.8 Å². The number of phosphoric ester groups is 1. The topological polar surface area (TPSA) is 108 Å². The van der Waals surface area contributed by atoms with Gasteiger partial charge in [-0.05, 0) is 38.5 Å². The number of allylic oxidation sites excluding steroid dienone is 4. The van der Waals surface area contributed by atoms with Crippen LogP contribution in [0.25, 0.3) is 0 Å². The summed E-state index contributed by atoms with van der Waals surface area (Å²) in [6, 6.07) is 0. The Morgan fingerprint density at radius 1 is 0.651 bits per heavy atom. The number of carbonyl (C=O) groups excluding carboxylic acids is 2. The van der Waals surface area contributed by atoms with Crippen molar-refractivity contribution in [2.24, 2.45) is 0 Å². The summed E-state index contributed by atoms with van der Waals surface area (Å²) in [5.74, 6) is -0.821. The molecule has 2 unspecified atom stereocenters. The molecule has 2 atom stereocenters. The first-order chi connectivity index (χ1) is 20.8. The van der Waals surface area contributed by atoms with Gasteiger partial charge in [0.05, 0.1) is 6.61 Å². The van der Waals surface area contributed by atoms with E-state index < -0.39 is 26.5 Å². The van der Waals surface area contributed by atoms with Crippen LogP contribution in [-0.4, -0.2) is 43.3 Å². The van der Waals surface area contributed by atoms with Gasteiger partial charge in [0.2, 0.25) is 0 Å². The highest BCUT2D eigenvalue weighted by molar-refractivity contribution is 7.47. The molecule has 0 aliphatic rings. The van der Waals surface area contributed by atoms with Gasteiger partial charge in [-0.3, -0.25) is 18.6 Å².